The molecule has 0 bridgehead atoms. The molecule has 130 valence electrons. The van der Waals surface area contributed by atoms with Crippen LogP contribution in [0, 0.1) is 0 Å². The van der Waals surface area contributed by atoms with E-state index < -0.39 is 36.7 Å². The zero-order chi connectivity index (χ0) is 18.0. The molecular weight excluding hydrogens is 328 g/mol. The summed E-state index contributed by atoms with van der Waals surface area (Å²) in [6.45, 7) is 2.71. The number of likely N-dealkylation sites (tertiary alicyclic amines) is 1. The summed E-state index contributed by atoms with van der Waals surface area (Å²) in [5.74, 6) is -4.34. The highest BCUT2D eigenvalue weighted by Gasteiger charge is 2.49. The number of pyridine rings is 1. The van der Waals surface area contributed by atoms with Crippen molar-refractivity contribution in [2.45, 2.75) is 24.9 Å². The van der Waals surface area contributed by atoms with Gasteiger partial charge in [0.05, 0.1) is 12.1 Å². The highest BCUT2D eigenvalue weighted by Crippen LogP contribution is 2.32. The molecule has 7 heteroatoms. The number of nitrogens with one attached hydrogen (secondary N) is 1. The van der Waals surface area contributed by atoms with E-state index in [4.69, 9.17) is 0 Å². The van der Waals surface area contributed by atoms with Crippen molar-refractivity contribution in [2.24, 2.45) is 0 Å². The average Bonchev–Trinajstić information content (AvgIpc) is 2.94. The summed E-state index contributed by atoms with van der Waals surface area (Å²) in [7, 11) is 0. The minimum atomic E-state index is -3.07. The van der Waals surface area contributed by atoms with Gasteiger partial charge in [0.25, 0.3) is 5.92 Å². The Hall–Kier alpha value is -2.83. The van der Waals surface area contributed by atoms with Gasteiger partial charge in [-0.05, 0) is 29.8 Å². The Morgan fingerprint density at radius 2 is 2.20 bits per heavy atom. The van der Waals surface area contributed by atoms with E-state index >= 15 is 0 Å². The molecule has 0 saturated carbocycles. The molecule has 1 atom stereocenters. The number of hydrogen-bond acceptors (Lipinski definition) is 3. The predicted octanol–water partition coefficient (Wildman–Crippen LogP) is 2.27. The first kappa shape index (κ1) is 17.0. The number of carbonyl (C=O) groups is 2. The first-order valence-corrected chi connectivity index (χ1v) is 7.82. The molecule has 1 saturated heterocycles. The van der Waals surface area contributed by atoms with Crippen LogP contribution in [-0.2, 0) is 16.1 Å². The standard InChI is InChI=1S/C18H17F2N3O2/c1-2-16(24)23-11-18(19,20)9-15(23)17(25)22-10-12-5-6-14-13(8-12)4-3-7-21-14/h2-8,15H,1,9-11H2,(H,22,25)/t15-/m1/s1. The van der Waals surface area contributed by atoms with Gasteiger partial charge < -0.3 is 10.2 Å². The molecule has 3 rings (SSSR count). The van der Waals surface area contributed by atoms with Crippen molar-refractivity contribution in [3.8, 4) is 0 Å². The quantitative estimate of drug-likeness (QED) is 0.865. The highest BCUT2D eigenvalue weighted by molar-refractivity contribution is 5.93. The Balaban J connectivity index is 1.70. The first-order chi connectivity index (χ1) is 11.9. The molecule has 1 aromatic carbocycles. The predicted molar refractivity (Wildman–Crippen MR) is 88.9 cm³/mol. The van der Waals surface area contributed by atoms with E-state index in [0.717, 1.165) is 27.4 Å². The molecule has 1 N–H and O–H groups in total. The molecule has 5 nitrogen and oxygen atoms in total. The van der Waals surface area contributed by atoms with Crippen LogP contribution in [0.15, 0.2) is 49.2 Å². The molecule has 0 radical (unpaired) electrons. The third kappa shape index (κ3) is 3.65. The number of aromatic nitrogens is 1. The van der Waals surface area contributed by atoms with Gasteiger partial charge in [0.1, 0.15) is 6.04 Å². The second-order valence-corrected chi connectivity index (χ2v) is 5.99. The number of carbonyl (C=O) groups excluding carboxylic acids is 2. The molecule has 1 aliphatic rings. The zero-order valence-corrected chi connectivity index (χ0v) is 13.4. The summed E-state index contributed by atoms with van der Waals surface area (Å²) in [6, 6.07) is 8.03. The Labute approximate surface area is 143 Å². The Morgan fingerprint density at radius 1 is 1.40 bits per heavy atom. The lowest BCUT2D eigenvalue weighted by atomic mass is 10.1. The van der Waals surface area contributed by atoms with E-state index in [1.807, 2.05) is 30.3 Å². The second-order valence-electron chi connectivity index (χ2n) is 5.99. The number of amides is 2. The van der Waals surface area contributed by atoms with Gasteiger partial charge in [-0.1, -0.05) is 18.7 Å². The minimum Gasteiger partial charge on any atom is -0.350 e. The number of nitrogens with zero attached hydrogens (tertiary/aromatic N) is 2. The van der Waals surface area contributed by atoms with Crippen LogP contribution in [0.25, 0.3) is 10.9 Å². The maximum absolute atomic E-state index is 13.6. The summed E-state index contributed by atoms with van der Waals surface area (Å²) in [5.41, 5.74) is 1.65. The van der Waals surface area contributed by atoms with Crippen LogP contribution < -0.4 is 5.32 Å². The monoisotopic (exact) mass is 345 g/mol. The van der Waals surface area contributed by atoms with Gasteiger partial charge in [-0.3, -0.25) is 14.6 Å². The number of benzene rings is 1. The second kappa shape index (κ2) is 6.58. The van der Waals surface area contributed by atoms with Gasteiger partial charge in [0.2, 0.25) is 11.8 Å². The number of alkyl halides is 2. The van der Waals surface area contributed by atoms with Gasteiger partial charge in [-0.15, -0.1) is 0 Å². The van der Waals surface area contributed by atoms with Gasteiger partial charge in [0, 0.05) is 24.5 Å². The fraction of sp³-hybridized carbons (Fsp3) is 0.278. The van der Waals surface area contributed by atoms with E-state index in [2.05, 4.69) is 16.9 Å². The highest BCUT2D eigenvalue weighted by atomic mass is 19.3. The number of fused-ring (bicyclic) bond motifs is 1. The number of halogens is 2. The molecule has 0 unspecified atom stereocenters. The van der Waals surface area contributed by atoms with Crippen molar-refractivity contribution in [1.29, 1.82) is 0 Å². The zero-order valence-electron chi connectivity index (χ0n) is 13.4. The van der Waals surface area contributed by atoms with Crippen molar-refractivity contribution in [3.05, 3.63) is 54.7 Å². The Morgan fingerprint density at radius 3 is 2.96 bits per heavy atom. The van der Waals surface area contributed by atoms with E-state index in [-0.39, 0.29) is 6.54 Å². The molecule has 25 heavy (non-hydrogen) atoms. The average molecular weight is 345 g/mol. The summed E-state index contributed by atoms with van der Waals surface area (Å²) in [5, 5.41) is 3.55. The largest absolute Gasteiger partial charge is 0.350 e. The summed E-state index contributed by atoms with van der Waals surface area (Å²) >= 11 is 0. The lowest BCUT2D eigenvalue weighted by Gasteiger charge is -2.21. The van der Waals surface area contributed by atoms with Crippen LogP contribution in [0.5, 0.6) is 0 Å². The van der Waals surface area contributed by atoms with Crippen LogP contribution in [0.4, 0.5) is 8.78 Å². The van der Waals surface area contributed by atoms with Crippen LogP contribution in [-0.4, -0.2) is 40.2 Å². The van der Waals surface area contributed by atoms with Crippen LogP contribution in [0.3, 0.4) is 0 Å². The van der Waals surface area contributed by atoms with Crippen LogP contribution in [0.1, 0.15) is 12.0 Å². The van der Waals surface area contributed by atoms with Crippen molar-refractivity contribution in [2.75, 3.05) is 6.54 Å². The minimum absolute atomic E-state index is 0.182. The van der Waals surface area contributed by atoms with Crippen LogP contribution in [0.2, 0.25) is 0 Å². The number of rotatable bonds is 4. The lowest BCUT2D eigenvalue weighted by Crippen LogP contribution is -2.45. The third-order valence-corrected chi connectivity index (χ3v) is 4.16. The summed E-state index contributed by atoms with van der Waals surface area (Å²) in [4.78, 5) is 29.1. The fourth-order valence-corrected chi connectivity index (χ4v) is 2.94. The fourth-order valence-electron chi connectivity index (χ4n) is 2.94. The molecule has 0 aliphatic carbocycles. The maximum atomic E-state index is 13.6. The normalized spacial score (nSPS) is 19.0. The molecule has 2 heterocycles. The van der Waals surface area contributed by atoms with Crippen molar-refractivity contribution in [3.63, 3.8) is 0 Å². The smallest absolute Gasteiger partial charge is 0.267 e. The van der Waals surface area contributed by atoms with Gasteiger partial charge >= 0.3 is 0 Å². The molecular formula is C18H17F2N3O2. The summed E-state index contributed by atoms with van der Waals surface area (Å²) in [6.07, 6.45) is 1.95. The summed E-state index contributed by atoms with van der Waals surface area (Å²) < 4.78 is 27.2. The SMILES string of the molecule is C=CC(=O)N1CC(F)(F)C[C@@H]1C(=O)NCc1ccc2ncccc2c1. The van der Waals surface area contributed by atoms with Crippen molar-refractivity contribution >= 4 is 22.7 Å². The third-order valence-electron chi connectivity index (χ3n) is 4.16. The Kier molecular flexibility index (Phi) is 4.48. The van der Waals surface area contributed by atoms with E-state index in [9.17, 15) is 18.4 Å². The Bertz CT molecular complexity index is 838. The van der Waals surface area contributed by atoms with Crippen LogP contribution >= 0.6 is 0 Å². The topological polar surface area (TPSA) is 62.3 Å². The molecule has 1 aliphatic heterocycles. The van der Waals surface area contributed by atoms with E-state index in [0.29, 0.717) is 0 Å². The van der Waals surface area contributed by atoms with Crippen molar-refractivity contribution in [1.82, 2.24) is 15.2 Å². The van der Waals surface area contributed by atoms with Gasteiger partial charge in [0.15, 0.2) is 0 Å². The van der Waals surface area contributed by atoms with Gasteiger partial charge in [-0.2, -0.15) is 0 Å². The molecule has 2 amide bonds. The molecule has 0 spiro atoms. The maximum Gasteiger partial charge on any atom is 0.267 e. The lowest BCUT2D eigenvalue weighted by molar-refractivity contribution is -0.135. The van der Waals surface area contributed by atoms with E-state index in [1.54, 1.807) is 6.20 Å². The molecule has 1 aromatic heterocycles. The van der Waals surface area contributed by atoms with Crippen molar-refractivity contribution < 1.29 is 18.4 Å². The number of hydrogen-bond donors (Lipinski definition) is 1. The first-order valence-electron chi connectivity index (χ1n) is 7.82. The van der Waals surface area contributed by atoms with E-state index in [1.165, 1.54) is 0 Å². The van der Waals surface area contributed by atoms with Gasteiger partial charge in [-0.25, -0.2) is 8.78 Å². The molecule has 1 fully saturated rings. The molecule has 2 aromatic rings.